The van der Waals surface area contributed by atoms with Crippen LogP contribution in [0, 0.1) is 11.8 Å². The van der Waals surface area contributed by atoms with Gasteiger partial charge in [0.2, 0.25) is 0 Å². The predicted octanol–water partition coefficient (Wildman–Crippen LogP) is -0.912. The molecule has 1 heterocycles. The zero-order valence-electron chi connectivity index (χ0n) is 9.37. The van der Waals surface area contributed by atoms with E-state index in [1.165, 1.54) is 16.8 Å². The van der Waals surface area contributed by atoms with Crippen LogP contribution in [0.3, 0.4) is 0 Å². The molecular formula is C11H16N2O4. The number of nitrogens with zero attached hydrogens (tertiary/aromatic N) is 1. The molecule has 0 spiro atoms. The van der Waals surface area contributed by atoms with Crippen LogP contribution < -0.4 is 11.2 Å². The third-order valence-electron chi connectivity index (χ3n) is 3.53. The molecule has 0 saturated heterocycles. The molecule has 6 nitrogen and oxygen atoms in total. The van der Waals surface area contributed by atoms with Gasteiger partial charge in [-0.15, -0.1) is 0 Å². The number of rotatable bonds is 3. The van der Waals surface area contributed by atoms with Crippen molar-refractivity contribution >= 4 is 0 Å². The Labute approximate surface area is 97.5 Å². The van der Waals surface area contributed by atoms with Crippen LogP contribution >= 0.6 is 0 Å². The molecule has 0 aromatic carbocycles. The SMILES string of the molecule is O=c1ccn(C2C[C@H](CO)[C@@H](CO)C2)c(=O)[nH]1. The van der Waals surface area contributed by atoms with Crippen LogP contribution in [0.1, 0.15) is 18.9 Å². The third-order valence-corrected chi connectivity index (χ3v) is 3.53. The Bertz CT molecular complexity index is 481. The molecule has 0 unspecified atom stereocenters. The number of hydrogen-bond donors (Lipinski definition) is 3. The average Bonchev–Trinajstić information content (AvgIpc) is 2.72. The highest BCUT2D eigenvalue weighted by atomic mass is 16.3. The lowest BCUT2D eigenvalue weighted by Gasteiger charge is -2.12. The smallest absolute Gasteiger partial charge is 0.328 e. The molecule has 2 atom stereocenters. The Balaban J connectivity index is 2.25. The van der Waals surface area contributed by atoms with E-state index in [0.29, 0.717) is 12.8 Å². The highest BCUT2D eigenvalue weighted by Gasteiger charge is 2.34. The predicted molar refractivity (Wildman–Crippen MR) is 60.7 cm³/mol. The molecule has 0 amide bonds. The summed E-state index contributed by atoms with van der Waals surface area (Å²) in [4.78, 5) is 24.8. The van der Waals surface area contributed by atoms with Crippen molar-refractivity contribution in [1.82, 2.24) is 9.55 Å². The summed E-state index contributed by atoms with van der Waals surface area (Å²) in [6.07, 6.45) is 2.77. The van der Waals surface area contributed by atoms with Gasteiger partial charge in [0.15, 0.2) is 0 Å². The molecular weight excluding hydrogens is 224 g/mol. The van der Waals surface area contributed by atoms with Crippen molar-refractivity contribution < 1.29 is 10.2 Å². The molecule has 94 valence electrons. The summed E-state index contributed by atoms with van der Waals surface area (Å²) in [6, 6.07) is 1.25. The van der Waals surface area contributed by atoms with Crippen LogP contribution in [-0.2, 0) is 0 Å². The first-order chi connectivity index (χ1) is 8.15. The summed E-state index contributed by atoms with van der Waals surface area (Å²) in [6.45, 7) is 0.0274. The fourth-order valence-electron chi connectivity index (χ4n) is 2.57. The van der Waals surface area contributed by atoms with Crippen molar-refractivity contribution in [2.24, 2.45) is 11.8 Å². The van der Waals surface area contributed by atoms with Gasteiger partial charge in [-0.3, -0.25) is 14.3 Å². The number of hydrogen-bond acceptors (Lipinski definition) is 4. The molecule has 1 aromatic rings. The molecule has 1 fully saturated rings. The molecule has 6 heteroatoms. The second-order valence-electron chi connectivity index (χ2n) is 4.53. The van der Waals surface area contributed by atoms with Gasteiger partial charge in [0.1, 0.15) is 0 Å². The van der Waals surface area contributed by atoms with E-state index in [2.05, 4.69) is 4.98 Å². The van der Waals surface area contributed by atoms with E-state index >= 15 is 0 Å². The average molecular weight is 240 g/mol. The lowest BCUT2D eigenvalue weighted by molar-refractivity contribution is 0.141. The first kappa shape index (κ1) is 12.1. The number of nitrogens with one attached hydrogen (secondary N) is 1. The summed E-state index contributed by atoms with van der Waals surface area (Å²) in [5.41, 5.74) is -0.848. The monoisotopic (exact) mass is 240 g/mol. The van der Waals surface area contributed by atoms with Gasteiger partial charge >= 0.3 is 5.69 Å². The number of aliphatic hydroxyl groups is 2. The normalized spacial score (nSPS) is 25.3. The molecule has 2 rings (SSSR count). The molecule has 1 aromatic heterocycles. The number of H-pyrrole nitrogens is 1. The maximum Gasteiger partial charge on any atom is 0.328 e. The fraction of sp³-hybridized carbons (Fsp3) is 0.636. The summed E-state index contributed by atoms with van der Waals surface area (Å²) >= 11 is 0. The zero-order chi connectivity index (χ0) is 12.4. The largest absolute Gasteiger partial charge is 0.396 e. The van der Waals surface area contributed by atoms with Gasteiger partial charge in [-0.1, -0.05) is 0 Å². The molecule has 1 aliphatic rings. The summed E-state index contributed by atoms with van der Waals surface area (Å²) < 4.78 is 1.47. The summed E-state index contributed by atoms with van der Waals surface area (Å²) in [7, 11) is 0. The first-order valence-corrected chi connectivity index (χ1v) is 5.69. The van der Waals surface area contributed by atoms with Crippen LogP contribution in [0.2, 0.25) is 0 Å². The minimum Gasteiger partial charge on any atom is -0.396 e. The lowest BCUT2D eigenvalue weighted by atomic mass is 9.98. The highest BCUT2D eigenvalue weighted by Crippen LogP contribution is 2.38. The Morgan fingerprint density at radius 3 is 2.29 bits per heavy atom. The maximum atomic E-state index is 11.6. The van der Waals surface area contributed by atoms with Gasteiger partial charge in [0.25, 0.3) is 5.56 Å². The van der Waals surface area contributed by atoms with E-state index < -0.39 is 11.2 Å². The topological polar surface area (TPSA) is 95.3 Å². The Morgan fingerprint density at radius 1 is 1.24 bits per heavy atom. The first-order valence-electron chi connectivity index (χ1n) is 5.69. The molecule has 1 saturated carbocycles. The fourth-order valence-corrected chi connectivity index (χ4v) is 2.57. The van der Waals surface area contributed by atoms with Gasteiger partial charge in [0.05, 0.1) is 0 Å². The quantitative estimate of drug-likeness (QED) is 0.637. The Kier molecular flexibility index (Phi) is 3.44. The second kappa shape index (κ2) is 4.85. The molecule has 0 aliphatic heterocycles. The van der Waals surface area contributed by atoms with Crippen molar-refractivity contribution in [2.75, 3.05) is 13.2 Å². The molecule has 0 bridgehead atoms. The summed E-state index contributed by atoms with van der Waals surface area (Å²) in [5.74, 6) is 0.0349. The van der Waals surface area contributed by atoms with Crippen molar-refractivity contribution in [3.63, 3.8) is 0 Å². The minimum atomic E-state index is -0.433. The van der Waals surface area contributed by atoms with Crippen molar-refractivity contribution in [3.05, 3.63) is 33.1 Å². The Hall–Kier alpha value is -1.40. The lowest BCUT2D eigenvalue weighted by Crippen LogP contribution is -2.30. The summed E-state index contributed by atoms with van der Waals surface area (Å²) in [5, 5.41) is 18.4. The van der Waals surface area contributed by atoms with E-state index in [4.69, 9.17) is 0 Å². The molecule has 3 N–H and O–H groups in total. The van der Waals surface area contributed by atoms with E-state index in [1.807, 2.05) is 0 Å². The number of aromatic amines is 1. The molecule has 0 radical (unpaired) electrons. The molecule has 1 aliphatic carbocycles. The van der Waals surface area contributed by atoms with Crippen LogP contribution in [0.5, 0.6) is 0 Å². The van der Waals surface area contributed by atoms with Crippen LogP contribution in [0.25, 0.3) is 0 Å². The van der Waals surface area contributed by atoms with E-state index in [0.717, 1.165) is 0 Å². The van der Waals surface area contributed by atoms with Gasteiger partial charge in [0, 0.05) is 31.5 Å². The second-order valence-corrected chi connectivity index (χ2v) is 4.53. The van der Waals surface area contributed by atoms with Gasteiger partial charge < -0.3 is 10.2 Å². The van der Waals surface area contributed by atoms with Crippen molar-refractivity contribution in [2.45, 2.75) is 18.9 Å². The van der Waals surface area contributed by atoms with Crippen LogP contribution in [0.15, 0.2) is 21.9 Å². The van der Waals surface area contributed by atoms with Gasteiger partial charge in [-0.25, -0.2) is 4.79 Å². The van der Waals surface area contributed by atoms with Gasteiger partial charge in [-0.05, 0) is 24.7 Å². The zero-order valence-corrected chi connectivity index (χ0v) is 9.37. The van der Waals surface area contributed by atoms with Crippen LogP contribution in [-0.4, -0.2) is 33.0 Å². The number of aliphatic hydroxyl groups excluding tert-OH is 2. The van der Waals surface area contributed by atoms with E-state index in [9.17, 15) is 19.8 Å². The standard InChI is InChI=1S/C11H16N2O4/c14-5-7-3-9(4-8(7)6-15)13-2-1-10(16)12-11(13)17/h1-2,7-9,14-15H,3-6H2,(H,12,16,17)/t7-,8-/m1/s1. The van der Waals surface area contributed by atoms with Crippen LogP contribution in [0.4, 0.5) is 0 Å². The van der Waals surface area contributed by atoms with E-state index in [1.54, 1.807) is 0 Å². The number of aromatic nitrogens is 2. The van der Waals surface area contributed by atoms with Gasteiger partial charge in [-0.2, -0.15) is 0 Å². The van der Waals surface area contributed by atoms with Crippen molar-refractivity contribution in [1.29, 1.82) is 0 Å². The Morgan fingerprint density at radius 2 is 1.82 bits per heavy atom. The highest BCUT2D eigenvalue weighted by molar-refractivity contribution is 4.91. The minimum absolute atomic E-state index is 0.0137. The molecule has 17 heavy (non-hydrogen) atoms. The van der Waals surface area contributed by atoms with E-state index in [-0.39, 0.29) is 31.1 Å². The third kappa shape index (κ3) is 2.32. The van der Waals surface area contributed by atoms with Crippen molar-refractivity contribution in [3.8, 4) is 0 Å². The maximum absolute atomic E-state index is 11.6.